The highest BCUT2D eigenvalue weighted by molar-refractivity contribution is 5.97. The van der Waals surface area contributed by atoms with Crippen molar-refractivity contribution < 1.29 is 14.3 Å². The van der Waals surface area contributed by atoms with Crippen LogP contribution < -0.4 is 9.47 Å². The van der Waals surface area contributed by atoms with Gasteiger partial charge < -0.3 is 9.47 Å². The van der Waals surface area contributed by atoms with Gasteiger partial charge in [0.1, 0.15) is 11.5 Å². The molecule has 0 aromatic heterocycles. The lowest BCUT2D eigenvalue weighted by atomic mass is 10.0. The summed E-state index contributed by atoms with van der Waals surface area (Å²) in [5.74, 6) is 1.67. The van der Waals surface area contributed by atoms with Gasteiger partial charge in [0.05, 0.1) is 13.2 Å². The molecular formula is C18H18O3. The summed E-state index contributed by atoms with van der Waals surface area (Å²) in [6, 6.07) is 15.0. The van der Waals surface area contributed by atoms with E-state index in [0.29, 0.717) is 18.1 Å². The molecule has 0 atom stereocenters. The maximum absolute atomic E-state index is 12.3. The van der Waals surface area contributed by atoms with Gasteiger partial charge in [-0.05, 0) is 43.2 Å². The number of ketones is 1. The molecule has 3 heteroatoms. The predicted molar refractivity (Wildman–Crippen MR) is 81.1 cm³/mol. The van der Waals surface area contributed by atoms with E-state index < -0.39 is 0 Å². The summed E-state index contributed by atoms with van der Waals surface area (Å²) in [6.07, 6.45) is 2.98. The van der Waals surface area contributed by atoms with Gasteiger partial charge in [0.25, 0.3) is 0 Å². The van der Waals surface area contributed by atoms with Crippen LogP contribution in [0.5, 0.6) is 11.5 Å². The summed E-state index contributed by atoms with van der Waals surface area (Å²) in [4.78, 5) is 12.3. The number of carbonyl (C=O) groups is 1. The van der Waals surface area contributed by atoms with Crippen LogP contribution in [0.2, 0.25) is 0 Å². The van der Waals surface area contributed by atoms with E-state index in [2.05, 4.69) is 0 Å². The van der Waals surface area contributed by atoms with Crippen LogP contribution >= 0.6 is 0 Å². The molecule has 21 heavy (non-hydrogen) atoms. The Kier molecular flexibility index (Phi) is 3.91. The van der Waals surface area contributed by atoms with Gasteiger partial charge in [0.15, 0.2) is 5.78 Å². The molecule has 0 aliphatic heterocycles. The minimum atomic E-state index is 0.0810. The SMILES string of the molecule is COc1ccccc1CC(=O)c1ccc(OC2CC2)cc1. The maximum atomic E-state index is 12.3. The highest BCUT2D eigenvalue weighted by Crippen LogP contribution is 2.27. The number of para-hydroxylation sites is 1. The van der Waals surface area contributed by atoms with Gasteiger partial charge in [-0.15, -0.1) is 0 Å². The van der Waals surface area contributed by atoms with Gasteiger partial charge in [0.2, 0.25) is 0 Å². The quantitative estimate of drug-likeness (QED) is 0.758. The Bertz CT molecular complexity index is 627. The molecule has 108 valence electrons. The average Bonchev–Trinajstić information content (AvgIpc) is 3.32. The van der Waals surface area contributed by atoms with Crippen LogP contribution in [0.4, 0.5) is 0 Å². The first-order valence-electron chi connectivity index (χ1n) is 7.18. The molecule has 0 saturated heterocycles. The molecule has 1 aliphatic rings. The third kappa shape index (κ3) is 3.43. The Morgan fingerprint density at radius 2 is 1.81 bits per heavy atom. The lowest BCUT2D eigenvalue weighted by Gasteiger charge is -2.08. The van der Waals surface area contributed by atoms with Crippen LogP contribution in [0.1, 0.15) is 28.8 Å². The van der Waals surface area contributed by atoms with Crippen molar-refractivity contribution in [2.24, 2.45) is 0 Å². The van der Waals surface area contributed by atoms with E-state index in [1.165, 1.54) is 0 Å². The highest BCUT2D eigenvalue weighted by Gasteiger charge is 2.23. The first-order chi connectivity index (χ1) is 10.3. The van der Waals surface area contributed by atoms with Crippen molar-refractivity contribution in [2.45, 2.75) is 25.4 Å². The largest absolute Gasteiger partial charge is 0.496 e. The summed E-state index contributed by atoms with van der Waals surface area (Å²) in [6.45, 7) is 0. The Morgan fingerprint density at radius 3 is 2.48 bits per heavy atom. The second-order valence-electron chi connectivity index (χ2n) is 5.25. The topological polar surface area (TPSA) is 35.5 Å². The van der Waals surface area contributed by atoms with Crippen molar-refractivity contribution in [3.63, 3.8) is 0 Å². The molecule has 0 bridgehead atoms. The maximum Gasteiger partial charge on any atom is 0.167 e. The number of rotatable bonds is 6. The molecule has 2 aromatic carbocycles. The third-order valence-corrected chi connectivity index (χ3v) is 3.55. The Balaban J connectivity index is 1.69. The van der Waals surface area contributed by atoms with Crippen molar-refractivity contribution in [1.29, 1.82) is 0 Å². The Labute approximate surface area is 124 Å². The summed E-state index contributed by atoms with van der Waals surface area (Å²) in [5, 5.41) is 0. The number of hydrogen-bond acceptors (Lipinski definition) is 3. The zero-order valence-corrected chi connectivity index (χ0v) is 12.0. The molecule has 1 saturated carbocycles. The summed E-state index contributed by atoms with van der Waals surface area (Å²) < 4.78 is 11.0. The van der Waals surface area contributed by atoms with E-state index in [1.54, 1.807) is 7.11 Å². The van der Waals surface area contributed by atoms with Crippen molar-refractivity contribution in [1.82, 2.24) is 0 Å². The molecule has 0 spiro atoms. The van der Waals surface area contributed by atoms with E-state index in [1.807, 2.05) is 48.5 Å². The normalized spacial score (nSPS) is 13.8. The molecule has 2 aromatic rings. The number of carbonyl (C=O) groups excluding carboxylic acids is 1. The molecular weight excluding hydrogens is 264 g/mol. The average molecular weight is 282 g/mol. The number of benzene rings is 2. The molecule has 0 unspecified atom stereocenters. The summed E-state index contributed by atoms with van der Waals surface area (Å²) in [5.41, 5.74) is 1.60. The smallest absolute Gasteiger partial charge is 0.167 e. The summed E-state index contributed by atoms with van der Waals surface area (Å²) in [7, 11) is 1.62. The van der Waals surface area contributed by atoms with Gasteiger partial charge in [-0.2, -0.15) is 0 Å². The van der Waals surface area contributed by atoms with Crippen LogP contribution in [0.25, 0.3) is 0 Å². The predicted octanol–water partition coefficient (Wildman–Crippen LogP) is 3.66. The molecule has 0 heterocycles. The molecule has 1 fully saturated rings. The van der Waals surface area contributed by atoms with E-state index in [0.717, 1.165) is 29.9 Å². The highest BCUT2D eigenvalue weighted by atomic mass is 16.5. The second-order valence-corrected chi connectivity index (χ2v) is 5.25. The van der Waals surface area contributed by atoms with Gasteiger partial charge in [-0.3, -0.25) is 4.79 Å². The van der Waals surface area contributed by atoms with Crippen molar-refractivity contribution >= 4 is 5.78 Å². The first-order valence-corrected chi connectivity index (χ1v) is 7.18. The van der Waals surface area contributed by atoms with Gasteiger partial charge in [0, 0.05) is 17.5 Å². The number of hydrogen-bond donors (Lipinski definition) is 0. The van der Waals surface area contributed by atoms with Crippen LogP contribution in [-0.4, -0.2) is 19.0 Å². The standard InChI is InChI=1S/C18H18O3/c1-20-18-5-3-2-4-14(18)12-17(19)13-6-8-15(9-7-13)21-16-10-11-16/h2-9,16H,10-12H2,1H3. The zero-order valence-electron chi connectivity index (χ0n) is 12.0. The van der Waals surface area contributed by atoms with E-state index in [9.17, 15) is 4.79 Å². The Hall–Kier alpha value is -2.29. The fourth-order valence-corrected chi connectivity index (χ4v) is 2.22. The monoisotopic (exact) mass is 282 g/mol. The zero-order chi connectivity index (χ0) is 14.7. The van der Waals surface area contributed by atoms with Crippen molar-refractivity contribution in [3.8, 4) is 11.5 Å². The van der Waals surface area contributed by atoms with Crippen LogP contribution in [0, 0.1) is 0 Å². The molecule has 3 nitrogen and oxygen atoms in total. The van der Waals surface area contributed by atoms with E-state index in [4.69, 9.17) is 9.47 Å². The molecule has 3 rings (SSSR count). The minimum absolute atomic E-state index is 0.0810. The van der Waals surface area contributed by atoms with Gasteiger partial charge in [-0.25, -0.2) is 0 Å². The Morgan fingerprint density at radius 1 is 1.10 bits per heavy atom. The van der Waals surface area contributed by atoms with Crippen LogP contribution in [0.3, 0.4) is 0 Å². The van der Waals surface area contributed by atoms with Gasteiger partial charge in [-0.1, -0.05) is 18.2 Å². The number of Topliss-reactive ketones (excluding diaryl/α,β-unsaturated/α-hetero) is 1. The summed E-state index contributed by atoms with van der Waals surface area (Å²) >= 11 is 0. The lowest BCUT2D eigenvalue weighted by molar-refractivity contribution is 0.0992. The first kappa shape index (κ1) is 13.7. The molecule has 0 N–H and O–H groups in total. The number of methoxy groups -OCH3 is 1. The van der Waals surface area contributed by atoms with Crippen molar-refractivity contribution in [3.05, 3.63) is 59.7 Å². The molecule has 1 aliphatic carbocycles. The fourth-order valence-electron chi connectivity index (χ4n) is 2.22. The molecule has 0 radical (unpaired) electrons. The lowest BCUT2D eigenvalue weighted by Crippen LogP contribution is -2.05. The second kappa shape index (κ2) is 6.00. The van der Waals surface area contributed by atoms with Gasteiger partial charge >= 0.3 is 0 Å². The van der Waals surface area contributed by atoms with Crippen LogP contribution in [-0.2, 0) is 6.42 Å². The molecule has 0 amide bonds. The van der Waals surface area contributed by atoms with E-state index >= 15 is 0 Å². The third-order valence-electron chi connectivity index (χ3n) is 3.55. The number of ether oxygens (including phenoxy) is 2. The fraction of sp³-hybridized carbons (Fsp3) is 0.278. The van der Waals surface area contributed by atoms with Crippen LogP contribution in [0.15, 0.2) is 48.5 Å². The van der Waals surface area contributed by atoms with E-state index in [-0.39, 0.29) is 5.78 Å². The minimum Gasteiger partial charge on any atom is -0.496 e. The van der Waals surface area contributed by atoms with Crippen molar-refractivity contribution in [2.75, 3.05) is 7.11 Å².